The lowest BCUT2D eigenvalue weighted by Crippen LogP contribution is -2.45. The van der Waals surface area contributed by atoms with Crippen molar-refractivity contribution in [1.29, 1.82) is 0 Å². The van der Waals surface area contributed by atoms with Crippen LogP contribution in [0.3, 0.4) is 0 Å². The van der Waals surface area contributed by atoms with Crippen molar-refractivity contribution in [2.24, 2.45) is 0 Å². The van der Waals surface area contributed by atoms with Crippen molar-refractivity contribution in [3.05, 3.63) is 78.4 Å². The second-order valence-electron chi connectivity index (χ2n) is 8.41. The Labute approximate surface area is 178 Å². The zero-order valence-corrected chi connectivity index (χ0v) is 17.4. The summed E-state index contributed by atoms with van der Waals surface area (Å²) in [6, 6.07) is 19.8. The van der Waals surface area contributed by atoms with Crippen LogP contribution in [0.25, 0.3) is 11.4 Å². The summed E-state index contributed by atoms with van der Waals surface area (Å²) in [7, 11) is 0. The van der Waals surface area contributed by atoms with Gasteiger partial charge in [-0.1, -0.05) is 18.2 Å². The molecule has 2 saturated heterocycles. The summed E-state index contributed by atoms with van der Waals surface area (Å²) in [5.41, 5.74) is 4.22. The monoisotopic (exact) mass is 399 g/mol. The first kappa shape index (κ1) is 19.3. The average molecular weight is 400 g/mol. The highest BCUT2D eigenvalue weighted by molar-refractivity contribution is 5.53. The summed E-state index contributed by atoms with van der Waals surface area (Å²) in [5, 5.41) is 0. The number of pyridine rings is 3. The van der Waals surface area contributed by atoms with Crippen LogP contribution >= 0.6 is 0 Å². The van der Waals surface area contributed by atoms with Crippen molar-refractivity contribution < 1.29 is 0 Å². The highest BCUT2D eigenvalue weighted by Crippen LogP contribution is 2.32. The highest BCUT2D eigenvalue weighted by Gasteiger charge is 2.37. The lowest BCUT2D eigenvalue weighted by atomic mass is 10.0. The molecule has 2 aliphatic heterocycles. The predicted molar refractivity (Wildman–Crippen MR) is 119 cm³/mol. The number of nitrogens with zero attached hydrogens (tertiary/aromatic N) is 5. The van der Waals surface area contributed by atoms with Gasteiger partial charge in [-0.2, -0.15) is 0 Å². The molecule has 2 fully saturated rings. The minimum absolute atomic E-state index is 0.608. The number of likely N-dealkylation sites (tertiary alicyclic amines) is 2. The van der Waals surface area contributed by atoms with Crippen molar-refractivity contribution in [2.75, 3.05) is 13.1 Å². The molecule has 0 aliphatic carbocycles. The fourth-order valence-corrected chi connectivity index (χ4v) is 5.10. The van der Waals surface area contributed by atoms with Crippen LogP contribution in [0.5, 0.6) is 0 Å². The molecule has 5 rings (SSSR count). The molecule has 5 heteroatoms. The molecular formula is C25H29N5. The van der Waals surface area contributed by atoms with Gasteiger partial charge in [-0.3, -0.25) is 19.8 Å². The van der Waals surface area contributed by atoms with Crippen LogP contribution in [0.15, 0.2) is 67.0 Å². The Balaban J connectivity index is 1.30. The number of hydrogen-bond donors (Lipinski definition) is 0. The molecule has 0 bridgehead atoms. The Morgan fingerprint density at radius 2 is 1.30 bits per heavy atom. The maximum atomic E-state index is 4.93. The zero-order valence-electron chi connectivity index (χ0n) is 17.4. The molecule has 0 N–H and O–H groups in total. The van der Waals surface area contributed by atoms with E-state index in [1.54, 1.807) is 0 Å². The minimum Gasteiger partial charge on any atom is -0.293 e. The normalized spacial score (nSPS) is 22.5. The molecule has 5 heterocycles. The van der Waals surface area contributed by atoms with Crippen LogP contribution in [0.2, 0.25) is 0 Å². The van der Waals surface area contributed by atoms with Gasteiger partial charge in [0, 0.05) is 37.6 Å². The van der Waals surface area contributed by atoms with E-state index in [0.717, 1.165) is 36.7 Å². The topological polar surface area (TPSA) is 45.2 Å². The van der Waals surface area contributed by atoms with Gasteiger partial charge in [0.05, 0.1) is 22.8 Å². The SMILES string of the molecule is c1ccc(CN2CCCC2C2CCCN2Cc2cccc(-c3ccccn3)n2)nc1. The van der Waals surface area contributed by atoms with Crippen LogP contribution in [0.4, 0.5) is 0 Å². The third-order valence-electron chi connectivity index (χ3n) is 6.46. The molecule has 2 atom stereocenters. The Bertz CT molecular complexity index is 946. The van der Waals surface area contributed by atoms with E-state index in [4.69, 9.17) is 4.98 Å². The van der Waals surface area contributed by atoms with Crippen LogP contribution in [-0.4, -0.2) is 49.9 Å². The van der Waals surface area contributed by atoms with Crippen molar-refractivity contribution in [3.8, 4) is 11.4 Å². The van der Waals surface area contributed by atoms with Gasteiger partial charge in [0.15, 0.2) is 0 Å². The Kier molecular flexibility index (Phi) is 5.82. The summed E-state index contributed by atoms with van der Waals surface area (Å²) in [6.45, 7) is 4.22. The van der Waals surface area contributed by atoms with E-state index in [1.807, 2.05) is 36.7 Å². The first-order valence-electron chi connectivity index (χ1n) is 11.1. The largest absolute Gasteiger partial charge is 0.293 e. The van der Waals surface area contributed by atoms with Crippen molar-refractivity contribution in [3.63, 3.8) is 0 Å². The van der Waals surface area contributed by atoms with Crippen molar-refractivity contribution in [2.45, 2.75) is 50.9 Å². The second kappa shape index (κ2) is 9.02. The van der Waals surface area contributed by atoms with Crippen molar-refractivity contribution >= 4 is 0 Å². The molecule has 30 heavy (non-hydrogen) atoms. The first-order valence-corrected chi connectivity index (χ1v) is 11.1. The molecule has 5 nitrogen and oxygen atoms in total. The van der Waals surface area contributed by atoms with Gasteiger partial charge in [0.2, 0.25) is 0 Å². The summed E-state index contributed by atoms with van der Waals surface area (Å²) >= 11 is 0. The lowest BCUT2D eigenvalue weighted by Gasteiger charge is -2.35. The number of aromatic nitrogens is 3. The van der Waals surface area contributed by atoms with Crippen LogP contribution < -0.4 is 0 Å². The molecule has 0 radical (unpaired) electrons. The smallest absolute Gasteiger partial charge is 0.0890 e. The maximum Gasteiger partial charge on any atom is 0.0890 e. The van der Waals surface area contributed by atoms with E-state index < -0.39 is 0 Å². The van der Waals surface area contributed by atoms with Gasteiger partial charge in [0.25, 0.3) is 0 Å². The molecule has 0 saturated carbocycles. The van der Waals surface area contributed by atoms with E-state index in [9.17, 15) is 0 Å². The third-order valence-corrected chi connectivity index (χ3v) is 6.46. The molecule has 0 aromatic carbocycles. The maximum absolute atomic E-state index is 4.93. The highest BCUT2D eigenvalue weighted by atomic mass is 15.3. The predicted octanol–water partition coefficient (Wildman–Crippen LogP) is 4.17. The summed E-state index contributed by atoms with van der Waals surface area (Å²) in [4.78, 5) is 19.3. The molecule has 2 unspecified atom stereocenters. The molecule has 2 aliphatic rings. The molecule has 154 valence electrons. The summed E-state index contributed by atoms with van der Waals surface area (Å²) in [5.74, 6) is 0. The van der Waals surface area contributed by atoms with Gasteiger partial charge in [-0.15, -0.1) is 0 Å². The Morgan fingerprint density at radius 1 is 0.667 bits per heavy atom. The third kappa shape index (κ3) is 4.27. The molecular weight excluding hydrogens is 370 g/mol. The zero-order chi connectivity index (χ0) is 20.2. The quantitative estimate of drug-likeness (QED) is 0.623. The van der Waals surface area contributed by atoms with Gasteiger partial charge in [-0.05, 0) is 75.2 Å². The molecule has 0 spiro atoms. The lowest BCUT2D eigenvalue weighted by molar-refractivity contribution is 0.122. The van der Waals surface area contributed by atoms with E-state index >= 15 is 0 Å². The Morgan fingerprint density at radius 3 is 1.97 bits per heavy atom. The van der Waals surface area contributed by atoms with Crippen LogP contribution in [-0.2, 0) is 13.1 Å². The minimum atomic E-state index is 0.608. The molecule has 3 aromatic heterocycles. The molecule has 0 amide bonds. The standard InChI is InChI=1S/C25H29N5/c1-3-14-26-20(8-1)18-29-16-6-12-24(29)25-13-7-17-30(25)19-21-9-5-11-23(28-21)22-10-2-4-15-27-22/h1-5,8-11,14-15,24-25H,6-7,12-13,16-19H2. The van der Waals surface area contributed by atoms with Gasteiger partial charge in [0.1, 0.15) is 0 Å². The van der Waals surface area contributed by atoms with Gasteiger partial charge < -0.3 is 0 Å². The number of hydrogen-bond acceptors (Lipinski definition) is 5. The van der Waals surface area contributed by atoms with E-state index in [0.29, 0.717) is 12.1 Å². The van der Waals surface area contributed by atoms with Gasteiger partial charge >= 0.3 is 0 Å². The molecule has 3 aromatic rings. The van der Waals surface area contributed by atoms with Crippen molar-refractivity contribution in [1.82, 2.24) is 24.8 Å². The summed E-state index contributed by atoms with van der Waals surface area (Å²) < 4.78 is 0. The second-order valence-corrected chi connectivity index (χ2v) is 8.41. The van der Waals surface area contributed by atoms with Gasteiger partial charge in [-0.25, -0.2) is 4.98 Å². The summed E-state index contributed by atoms with van der Waals surface area (Å²) in [6.07, 6.45) is 8.87. The van der Waals surface area contributed by atoms with Crippen LogP contribution in [0.1, 0.15) is 37.1 Å². The fourth-order valence-electron chi connectivity index (χ4n) is 5.10. The average Bonchev–Trinajstić information content (AvgIpc) is 3.44. The number of rotatable bonds is 6. The first-order chi connectivity index (χ1) is 14.9. The van der Waals surface area contributed by atoms with Crippen LogP contribution in [0, 0.1) is 0 Å². The van der Waals surface area contributed by atoms with E-state index in [2.05, 4.69) is 50.1 Å². The van der Waals surface area contributed by atoms with E-state index in [-0.39, 0.29) is 0 Å². The Hall–Kier alpha value is -2.63. The van der Waals surface area contributed by atoms with E-state index in [1.165, 1.54) is 37.9 Å². The fraction of sp³-hybridized carbons (Fsp3) is 0.400.